The number of hydrogen-bond donors (Lipinski definition) is 3. The lowest BCUT2D eigenvalue weighted by Crippen LogP contribution is -2.54. The molecule has 0 aromatic heterocycles. The second kappa shape index (κ2) is 6.43. The van der Waals surface area contributed by atoms with Gasteiger partial charge >= 0.3 is 12.0 Å². The van der Waals surface area contributed by atoms with Gasteiger partial charge in [-0.2, -0.15) is 0 Å². The molecule has 6 nitrogen and oxygen atoms in total. The van der Waals surface area contributed by atoms with Crippen LogP contribution in [0.1, 0.15) is 45.4 Å². The van der Waals surface area contributed by atoms with E-state index in [1.165, 1.54) is 19.8 Å². The standard InChI is InChI=1S/C14H24N2O4/c1-9(17)12(13(18)19)15-14(20)16-8-4-7-11(16)10-5-2-3-6-10/h9-12,17H,2-8H2,1H3,(H,15,20)(H,18,19). The molecular weight excluding hydrogens is 260 g/mol. The number of carbonyl (C=O) groups excluding carboxylic acids is 1. The fourth-order valence-electron chi connectivity index (χ4n) is 3.48. The summed E-state index contributed by atoms with van der Waals surface area (Å²) in [6.07, 6.45) is 5.64. The van der Waals surface area contributed by atoms with Crippen LogP contribution in [0.15, 0.2) is 0 Å². The first-order valence-corrected chi connectivity index (χ1v) is 7.48. The van der Waals surface area contributed by atoms with Crippen molar-refractivity contribution in [1.82, 2.24) is 10.2 Å². The van der Waals surface area contributed by atoms with Crippen LogP contribution < -0.4 is 5.32 Å². The molecule has 1 saturated heterocycles. The zero-order valence-electron chi connectivity index (χ0n) is 11.9. The summed E-state index contributed by atoms with van der Waals surface area (Å²) in [6, 6.07) is -1.36. The number of carbonyl (C=O) groups is 2. The highest BCUT2D eigenvalue weighted by molar-refractivity contribution is 5.83. The molecule has 2 aliphatic rings. The minimum Gasteiger partial charge on any atom is -0.480 e. The maximum Gasteiger partial charge on any atom is 0.328 e. The quantitative estimate of drug-likeness (QED) is 0.723. The lowest BCUT2D eigenvalue weighted by molar-refractivity contribution is -0.141. The van der Waals surface area contributed by atoms with E-state index in [4.69, 9.17) is 5.11 Å². The Morgan fingerprint density at radius 1 is 1.20 bits per heavy atom. The first kappa shape index (κ1) is 15.1. The number of aliphatic hydroxyl groups is 1. The van der Waals surface area contributed by atoms with Crippen LogP contribution in [-0.4, -0.2) is 51.8 Å². The molecule has 1 aliphatic heterocycles. The summed E-state index contributed by atoms with van der Waals surface area (Å²) in [5.74, 6) is -0.650. The van der Waals surface area contributed by atoms with Crippen LogP contribution >= 0.6 is 0 Å². The number of nitrogens with zero attached hydrogens (tertiary/aromatic N) is 1. The number of rotatable bonds is 4. The summed E-state index contributed by atoms with van der Waals surface area (Å²) >= 11 is 0. The molecule has 3 unspecified atom stereocenters. The van der Waals surface area contributed by atoms with Gasteiger partial charge in [0.05, 0.1) is 6.10 Å². The Morgan fingerprint density at radius 2 is 1.85 bits per heavy atom. The molecule has 20 heavy (non-hydrogen) atoms. The Morgan fingerprint density at radius 3 is 2.40 bits per heavy atom. The SMILES string of the molecule is CC(O)C(NC(=O)N1CCCC1C1CCCC1)C(=O)O. The average molecular weight is 284 g/mol. The maximum atomic E-state index is 12.3. The lowest BCUT2D eigenvalue weighted by atomic mass is 9.96. The van der Waals surface area contributed by atoms with Gasteiger partial charge in [-0.05, 0) is 38.5 Å². The number of likely N-dealkylation sites (tertiary alicyclic amines) is 1. The van der Waals surface area contributed by atoms with Gasteiger partial charge in [-0.1, -0.05) is 12.8 Å². The zero-order valence-corrected chi connectivity index (χ0v) is 11.9. The Kier molecular flexibility index (Phi) is 4.86. The van der Waals surface area contributed by atoms with Gasteiger partial charge in [-0.15, -0.1) is 0 Å². The van der Waals surface area contributed by atoms with E-state index in [0.29, 0.717) is 12.5 Å². The van der Waals surface area contributed by atoms with E-state index in [9.17, 15) is 14.7 Å². The number of amides is 2. The van der Waals surface area contributed by atoms with Crippen molar-refractivity contribution < 1.29 is 19.8 Å². The largest absolute Gasteiger partial charge is 0.480 e. The highest BCUT2D eigenvalue weighted by atomic mass is 16.4. The van der Waals surface area contributed by atoms with Gasteiger partial charge in [0, 0.05) is 12.6 Å². The van der Waals surface area contributed by atoms with Crippen molar-refractivity contribution in [2.24, 2.45) is 5.92 Å². The van der Waals surface area contributed by atoms with E-state index in [2.05, 4.69) is 5.32 Å². The number of aliphatic carboxylic acids is 1. The van der Waals surface area contributed by atoms with Crippen molar-refractivity contribution in [3.63, 3.8) is 0 Å². The molecular formula is C14H24N2O4. The smallest absolute Gasteiger partial charge is 0.328 e. The minimum atomic E-state index is -1.24. The van der Waals surface area contributed by atoms with Crippen LogP contribution in [0.25, 0.3) is 0 Å². The molecule has 0 aromatic rings. The van der Waals surface area contributed by atoms with Crippen molar-refractivity contribution in [3.05, 3.63) is 0 Å². The molecule has 6 heteroatoms. The van der Waals surface area contributed by atoms with E-state index in [1.807, 2.05) is 0 Å². The Labute approximate surface area is 119 Å². The molecule has 0 radical (unpaired) electrons. The number of urea groups is 1. The molecule has 1 aliphatic carbocycles. The predicted molar refractivity (Wildman–Crippen MR) is 73.3 cm³/mol. The monoisotopic (exact) mass is 284 g/mol. The van der Waals surface area contributed by atoms with Crippen molar-refractivity contribution in [2.45, 2.75) is 63.6 Å². The number of hydrogen-bond acceptors (Lipinski definition) is 3. The third-order valence-electron chi connectivity index (χ3n) is 4.53. The minimum absolute atomic E-state index is 0.237. The van der Waals surface area contributed by atoms with Crippen LogP contribution in [0.5, 0.6) is 0 Å². The maximum absolute atomic E-state index is 12.3. The molecule has 2 rings (SSSR count). The number of aliphatic hydroxyl groups excluding tert-OH is 1. The summed E-state index contributed by atoms with van der Waals surface area (Å²) in [6.45, 7) is 2.05. The topological polar surface area (TPSA) is 89.9 Å². The second-order valence-corrected chi connectivity index (χ2v) is 5.95. The first-order chi connectivity index (χ1) is 9.50. The van der Waals surface area contributed by atoms with Gasteiger partial charge in [-0.25, -0.2) is 9.59 Å². The summed E-state index contributed by atoms with van der Waals surface area (Å²) in [4.78, 5) is 25.1. The molecule has 0 bridgehead atoms. The molecule has 114 valence electrons. The van der Waals surface area contributed by atoms with Gasteiger partial charge in [0.1, 0.15) is 0 Å². The van der Waals surface area contributed by atoms with Crippen LogP contribution in [-0.2, 0) is 4.79 Å². The molecule has 0 spiro atoms. The van der Waals surface area contributed by atoms with E-state index < -0.39 is 18.1 Å². The number of carboxylic acid groups (broad SMARTS) is 1. The second-order valence-electron chi connectivity index (χ2n) is 5.95. The molecule has 2 amide bonds. The average Bonchev–Trinajstić information content (AvgIpc) is 3.03. The number of carboxylic acids is 1. The summed E-state index contributed by atoms with van der Waals surface area (Å²) in [7, 11) is 0. The normalized spacial score (nSPS) is 26.5. The van der Waals surface area contributed by atoms with Crippen LogP contribution in [0, 0.1) is 5.92 Å². The van der Waals surface area contributed by atoms with Gasteiger partial charge in [0.15, 0.2) is 6.04 Å². The Hall–Kier alpha value is -1.30. The van der Waals surface area contributed by atoms with Crippen LogP contribution in [0.2, 0.25) is 0 Å². The highest BCUT2D eigenvalue weighted by Crippen LogP contribution is 2.35. The number of nitrogens with one attached hydrogen (secondary N) is 1. The molecule has 3 N–H and O–H groups in total. The molecule has 3 atom stereocenters. The van der Waals surface area contributed by atoms with Crippen molar-refractivity contribution in [2.75, 3.05) is 6.54 Å². The zero-order chi connectivity index (χ0) is 14.7. The summed E-state index contributed by atoms with van der Waals surface area (Å²) < 4.78 is 0. The fourth-order valence-corrected chi connectivity index (χ4v) is 3.48. The molecule has 1 saturated carbocycles. The molecule has 1 heterocycles. The van der Waals surface area contributed by atoms with Gasteiger partial charge < -0.3 is 20.4 Å². The molecule has 0 aromatic carbocycles. The van der Waals surface area contributed by atoms with E-state index in [-0.39, 0.29) is 12.1 Å². The van der Waals surface area contributed by atoms with Gasteiger partial charge in [0.2, 0.25) is 0 Å². The lowest BCUT2D eigenvalue weighted by Gasteiger charge is -2.31. The Balaban J connectivity index is 1.98. The van der Waals surface area contributed by atoms with E-state index in [0.717, 1.165) is 25.7 Å². The van der Waals surface area contributed by atoms with Crippen molar-refractivity contribution >= 4 is 12.0 Å². The van der Waals surface area contributed by atoms with E-state index in [1.54, 1.807) is 4.90 Å². The van der Waals surface area contributed by atoms with Crippen LogP contribution in [0.4, 0.5) is 4.79 Å². The fraction of sp³-hybridized carbons (Fsp3) is 0.857. The van der Waals surface area contributed by atoms with Crippen molar-refractivity contribution in [1.29, 1.82) is 0 Å². The highest BCUT2D eigenvalue weighted by Gasteiger charge is 2.37. The Bertz CT molecular complexity index is 366. The van der Waals surface area contributed by atoms with Crippen LogP contribution in [0.3, 0.4) is 0 Å². The third kappa shape index (κ3) is 3.23. The first-order valence-electron chi connectivity index (χ1n) is 7.48. The predicted octanol–water partition coefficient (Wildman–Crippen LogP) is 1.18. The van der Waals surface area contributed by atoms with E-state index >= 15 is 0 Å². The molecule has 2 fully saturated rings. The summed E-state index contributed by atoms with van der Waals surface area (Å²) in [5.41, 5.74) is 0. The van der Waals surface area contributed by atoms with Gasteiger partial charge in [0.25, 0.3) is 0 Å². The third-order valence-corrected chi connectivity index (χ3v) is 4.53. The summed E-state index contributed by atoms with van der Waals surface area (Å²) in [5, 5.41) is 20.9. The van der Waals surface area contributed by atoms with Crippen molar-refractivity contribution in [3.8, 4) is 0 Å². The van der Waals surface area contributed by atoms with Gasteiger partial charge in [-0.3, -0.25) is 0 Å².